The fourth-order valence-corrected chi connectivity index (χ4v) is 3.89. The molecule has 1 fully saturated rings. The summed E-state index contributed by atoms with van der Waals surface area (Å²) < 4.78 is -1.35. The van der Waals surface area contributed by atoms with Gasteiger partial charge in [0.1, 0.15) is 11.1 Å². The number of β-amino-alcohol motifs (C(OH)–C–C–N with tert-alkyl or cyclic N) is 1. The lowest BCUT2D eigenvalue weighted by Gasteiger charge is -2.38. The summed E-state index contributed by atoms with van der Waals surface area (Å²) in [6.07, 6.45) is -0.262. The Balaban J connectivity index is 2.06. The van der Waals surface area contributed by atoms with E-state index in [1.165, 1.54) is 18.2 Å². The average molecular weight is 433 g/mol. The summed E-state index contributed by atoms with van der Waals surface area (Å²) in [7, 11) is 0. The first kappa shape index (κ1) is 22.5. The van der Waals surface area contributed by atoms with E-state index >= 15 is 0 Å². The van der Waals surface area contributed by atoms with E-state index in [-0.39, 0.29) is 48.5 Å². The Morgan fingerprint density at radius 2 is 2.00 bits per heavy atom. The highest BCUT2D eigenvalue weighted by molar-refractivity contribution is 6.17. The van der Waals surface area contributed by atoms with Gasteiger partial charge in [0.25, 0.3) is 5.91 Å². The van der Waals surface area contributed by atoms with Gasteiger partial charge in [0.2, 0.25) is 11.9 Å². The number of piperidine rings is 1. The summed E-state index contributed by atoms with van der Waals surface area (Å²) in [4.78, 5) is 70.3. The van der Waals surface area contributed by atoms with E-state index in [0.29, 0.717) is 0 Å². The number of hydrogen-bond acceptors (Lipinski definition) is 9. The number of anilines is 1. The van der Waals surface area contributed by atoms with Crippen LogP contribution in [0, 0.1) is 5.92 Å². The minimum absolute atomic E-state index is 0.0121. The summed E-state index contributed by atoms with van der Waals surface area (Å²) in [5, 5.41) is 9.23. The molecule has 2 heterocycles. The standard InChI is InChI=1S/C20H24N4O7/c1-11(2)10-16(27)31-22-24(14-6-7-15(26)23(8-9-25)18(14)28)19(29)12-4-3-5-13(21)17(12)20(24)30/h3-5,11,14,22,25H,6-10H2,1-2H3,(H-,21,30)/p+1/t14?,24-/m0/s1. The molecule has 2 aliphatic heterocycles. The topological polar surface area (TPSA) is 156 Å². The number of nitrogens with two attached hydrogens (primary N) is 1. The lowest BCUT2D eigenvalue weighted by Crippen LogP contribution is -2.72. The average Bonchev–Trinajstić information content (AvgIpc) is 2.92. The van der Waals surface area contributed by atoms with E-state index in [9.17, 15) is 29.1 Å². The van der Waals surface area contributed by atoms with Gasteiger partial charge in [-0.3, -0.25) is 19.3 Å². The molecule has 2 atom stereocenters. The number of benzene rings is 1. The van der Waals surface area contributed by atoms with Gasteiger partial charge in [-0.2, -0.15) is 0 Å². The summed E-state index contributed by atoms with van der Waals surface area (Å²) in [6.45, 7) is 2.82. The van der Waals surface area contributed by atoms with Crippen LogP contribution in [0.25, 0.3) is 0 Å². The van der Waals surface area contributed by atoms with Crippen molar-refractivity contribution in [2.24, 2.45) is 5.92 Å². The lowest BCUT2D eigenvalue weighted by molar-refractivity contribution is -0.858. The van der Waals surface area contributed by atoms with Gasteiger partial charge >= 0.3 is 17.8 Å². The molecule has 0 radical (unpaired) electrons. The number of amides is 4. The second-order valence-electron chi connectivity index (χ2n) is 7.93. The van der Waals surface area contributed by atoms with Crippen molar-refractivity contribution >= 4 is 35.3 Å². The molecule has 0 aromatic heterocycles. The number of nitrogens with one attached hydrogen (secondary N) is 1. The Hall–Kier alpha value is -3.15. The summed E-state index contributed by atoms with van der Waals surface area (Å²) in [6, 6.07) is 2.95. The van der Waals surface area contributed by atoms with Gasteiger partial charge in [0, 0.05) is 30.5 Å². The fourth-order valence-electron chi connectivity index (χ4n) is 3.89. The van der Waals surface area contributed by atoms with E-state index in [0.717, 1.165) is 4.90 Å². The molecule has 1 saturated heterocycles. The van der Waals surface area contributed by atoms with Gasteiger partial charge in [-0.15, -0.1) is 0 Å². The molecule has 4 N–H and O–H groups in total. The van der Waals surface area contributed by atoms with Crippen LogP contribution in [-0.4, -0.2) is 63.4 Å². The van der Waals surface area contributed by atoms with Crippen LogP contribution in [0.5, 0.6) is 0 Å². The predicted molar refractivity (Wildman–Crippen MR) is 105 cm³/mol. The molecule has 11 nitrogen and oxygen atoms in total. The van der Waals surface area contributed by atoms with Crippen LogP contribution in [0.15, 0.2) is 18.2 Å². The molecule has 0 saturated carbocycles. The van der Waals surface area contributed by atoms with Crippen LogP contribution in [-0.2, 0) is 19.2 Å². The minimum Gasteiger partial charge on any atom is -0.398 e. The van der Waals surface area contributed by atoms with Crippen LogP contribution in [0.1, 0.15) is 53.8 Å². The molecular formula is C20H25N4O7+. The van der Waals surface area contributed by atoms with Crippen LogP contribution < -0.4 is 11.3 Å². The Morgan fingerprint density at radius 1 is 1.29 bits per heavy atom. The van der Waals surface area contributed by atoms with Crippen LogP contribution >= 0.6 is 0 Å². The maximum atomic E-state index is 13.5. The fraction of sp³-hybridized carbons (Fsp3) is 0.450. The number of fused-ring (bicyclic) bond motifs is 1. The highest BCUT2D eigenvalue weighted by Crippen LogP contribution is 2.37. The molecular weight excluding hydrogens is 408 g/mol. The third-order valence-electron chi connectivity index (χ3n) is 5.33. The van der Waals surface area contributed by atoms with Gasteiger partial charge < -0.3 is 15.7 Å². The number of carbonyl (C=O) groups is 5. The first-order chi connectivity index (χ1) is 14.6. The summed E-state index contributed by atoms with van der Waals surface area (Å²) in [5.74, 6) is -3.79. The van der Waals surface area contributed by atoms with E-state index in [2.05, 4.69) is 5.59 Å². The molecule has 4 amide bonds. The Kier molecular flexibility index (Phi) is 6.20. The van der Waals surface area contributed by atoms with Crippen molar-refractivity contribution in [1.82, 2.24) is 10.5 Å². The number of aliphatic hydroxyl groups excluding tert-OH is 1. The monoisotopic (exact) mass is 433 g/mol. The van der Waals surface area contributed by atoms with Crippen molar-refractivity contribution in [3.05, 3.63) is 29.3 Å². The van der Waals surface area contributed by atoms with E-state index < -0.39 is 46.8 Å². The molecule has 0 bridgehead atoms. The second-order valence-corrected chi connectivity index (χ2v) is 7.93. The number of nitrogen functional groups attached to an aromatic ring is 1. The van der Waals surface area contributed by atoms with Gasteiger partial charge in [0.05, 0.1) is 13.2 Å². The number of nitrogens with zero attached hydrogens (tertiary/aromatic N) is 2. The molecule has 166 valence electrons. The number of quaternary nitrogens is 1. The maximum absolute atomic E-state index is 13.5. The van der Waals surface area contributed by atoms with E-state index in [4.69, 9.17) is 10.6 Å². The number of imide groups is 2. The second kappa shape index (κ2) is 8.53. The highest BCUT2D eigenvalue weighted by atomic mass is 16.7. The summed E-state index contributed by atoms with van der Waals surface area (Å²) in [5.41, 5.74) is 8.13. The van der Waals surface area contributed by atoms with Crippen molar-refractivity contribution in [3.8, 4) is 0 Å². The smallest absolute Gasteiger partial charge is 0.379 e. The SMILES string of the molecule is CC(C)CC(=O)ON[N@@+]1(C2CCC(=O)N(CCO)C2=O)C(=O)c2cccc(N)c2C1=O. The molecule has 0 aliphatic carbocycles. The van der Waals surface area contributed by atoms with E-state index in [1.807, 2.05) is 0 Å². The number of aliphatic hydroxyl groups is 1. The summed E-state index contributed by atoms with van der Waals surface area (Å²) >= 11 is 0. The first-order valence-electron chi connectivity index (χ1n) is 9.94. The van der Waals surface area contributed by atoms with Crippen molar-refractivity contribution in [3.63, 3.8) is 0 Å². The van der Waals surface area contributed by atoms with Gasteiger partial charge in [-0.05, 0) is 18.1 Å². The quantitative estimate of drug-likeness (QED) is 0.231. The number of hydrogen-bond donors (Lipinski definition) is 3. The van der Waals surface area contributed by atoms with Gasteiger partial charge in [0.15, 0.2) is 0 Å². The third kappa shape index (κ3) is 3.71. The molecule has 1 aromatic rings. The zero-order valence-electron chi connectivity index (χ0n) is 17.3. The van der Waals surface area contributed by atoms with Crippen molar-refractivity contribution in [2.45, 2.75) is 39.2 Å². The molecule has 31 heavy (non-hydrogen) atoms. The Morgan fingerprint density at radius 3 is 2.61 bits per heavy atom. The first-order valence-corrected chi connectivity index (χ1v) is 9.94. The van der Waals surface area contributed by atoms with Crippen molar-refractivity contribution in [1.29, 1.82) is 0 Å². The molecule has 3 rings (SSSR count). The molecule has 11 heteroatoms. The normalized spacial score (nSPS) is 23.5. The largest absolute Gasteiger partial charge is 0.398 e. The van der Waals surface area contributed by atoms with Gasteiger partial charge in [-0.1, -0.05) is 24.5 Å². The van der Waals surface area contributed by atoms with Crippen LogP contribution in [0.4, 0.5) is 5.69 Å². The molecule has 1 aromatic carbocycles. The number of likely N-dealkylation sites (tertiary alicyclic amines) is 1. The van der Waals surface area contributed by atoms with Crippen LogP contribution in [0.2, 0.25) is 0 Å². The zero-order chi connectivity index (χ0) is 22.9. The van der Waals surface area contributed by atoms with Crippen molar-refractivity contribution in [2.75, 3.05) is 18.9 Å². The Bertz CT molecular complexity index is 961. The van der Waals surface area contributed by atoms with Crippen LogP contribution in [0.3, 0.4) is 0 Å². The van der Waals surface area contributed by atoms with Gasteiger partial charge in [-0.25, -0.2) is 9.59 Å². The molecule has 0 spiro atoms. The predicted octanol–water partition coefficient (Wildman–Crippen LogP) is -0.102. The maximum Gasteiger partial charge on any atom is 0.379 e. The zero-order valence-corrected chi connectivity index (χ0v) is 17.3. The minimum atomic E-state index is -1.39. The van der Waals surface area contributed by atoms with E-state index in [1.54, 1.807) is 13.8 Å². The third-order valence-corrected chi connectivity index (χ3v) is 5.33. The molecule has 1 unspecified atom stereocenters. The lowest BCUT2D eigenvalue weighted by atomic mass is 10.0. The number of rotatable bonds is 7. The highest BCUT2D eigenvalue weighted by Gasteiger charge is 2.65. The Labute approximate surface area is 178 Å². The van der Waals surface area contributed by atoms with Crippen molar-refractivity contribution < 1.29 is 38.5 Å². The number of carbonyl (C=O) groups excluding carboxylic acids is 5. The molecule has 2 aliphatic rings.